The number of rotatable bonds is 6. The van der Waals surface area contributed by atoms with E-state index in [0.717, 1.165) is 21.3 Å². The molecule has 15 heavy (non-hydrogen) atoms. The molecule has 0 heterocycles. The highest BCUT2D eigenvalue weighted by Gasteiger charge is 2.33. The van der Waals surface area contributed by atoms with Crippen LogP contribution in [0.2, 0.25) is 0 Å². The standard InChI is InChI=1S/C7H12NO6P/c1-5(15(11,13-3)14-4)6(7(9)10)8-12-2/h1H2,2-4H3,(H,9,10)/b8-6+. The van der Waals surface area contributed by atoms with Crippen LogP contribution in [-0.2, 0) is 23.2 Å². The third kappa shape index (κ3) is 3.16. The number of carbonyl (C=O) groups is 1. The zero-order chi connectivity index (χ0) is 12.1. The Kier molecular flexibility index (Phi) is 5.21. The molecule has 0 fully saturated rings. The van der Waals surface area contributed by atoms with E-state index in [4.69, 9.17) is 5.11 Å². The van der Waals surface area contributed by atoms with E-state index < -0.39 is 19.3 Å². The third-order valence-corrected chi connectivity index (χ3v) is 3.30. The Morgan fingerprint density at radius 1 is 1.33 bits per heavy atom. The van der Waals surface area contributed by atoms with Gasteiger partial charge in [0.15, 0.2) is 0 Å². The molecule has 0 aromatic rings. The van der Waals surface area contributed by atoms with Crippen molar-refractivity contribution >= 4 is 19.3 Å². The van der Waals surface area contributed by atoms with Gasteiger partial charge in [0.25, 0.3) is 0 Å². The minimum absolute atomic E-state index is 0.373. The van der Waals surface area contributed by atoms with Crippen LogP contribution in [0.25, 0.3) is 0 Å². The highest BCUT2D eigenvalue weighted by Crippen LogP contribution is 2.54. The van der Waals surface area contributed by atoms with Gasteiger partial charge >= 0.3 is 13.6 Å². The Hall–Kier alpha value is -1.17. The third-order valence-electron chi connectivity index (χ3n) is 1.47. The first-order valence-corrected chi connectivity index (χ1v) is 5.23. The van der Waals surface area contributed by atoms with Gasteiger partial charge in [-0.1, -0.05) is 11.7 Å². The molecule has 0 atom stereocenters. The Morgan fingerprint density at radius 2 is 1.80 bits per heavy atom. The van der Waals surface area contributed by atoms with Crippen LogP contribution in [0, 0.1) is 0 Å². The van der Waals surface area contributed by atoms with E-state index in [1.54, 1.807) is 0 Å². The first-order valence-electron chi connectivity index (χ1n) is 3.68. The van der Waals surface area contributed by atoms with Crippen molar-refractivity contribution in [3.05, 3.63) is 11.9 Å². The maximum atomic E-state index is 11.7. The summed E-state index contributed by atoms with van der Waals surface area (Å²) >= 11 is 0. The lowest BCUT2D eigenvalue weighted by Crippen LogP contribution is -2.16. The molecular formula is C7H12NO6P. The molecule has 0 aliphatic heterocycles. The van der Waals surface area contributed by atoms with Crippen LogP contribution in [0.5, 0.6) is 0 Å². The number of carboxylic acid groups (broad SMARTS) is 1. The van der Waals surface area contributed by atoms with Gasteiger partial charge in [-0.3, -0.25) is 4.57 Å². The molecule has 0 aromatic carbocycles. The summed E-state index contributed by atoms with van der Waals surface area (Å²) in [6.45, 7) is 3.30. The normalized spacial score (nSPS) is 12.3. The Labute approximate surface area is 86.8 Å². The summed E-state index contributed by atoms with van der Waals surface area (Å²) in [6.07, 6.45) is 0. The van der Waals surface area contributed by atoms with Crippen molar-refractivity contribution in [1.29, 1.82) is 0 Å². The van der Waals surface area contributed by atoms with Gasteiger partial charge in [-0.25, -0.2) is 4.79 Å². The average molecular weight is 237 g/mol. The Balaban J connectivity index is 5.21. The quantitative estimate of drug-likeness (QED) is 0.422. The lowest BCUT2D eigenvalue weighted by atomic mass is 10.4. The molecule has 0 aliphatic carbocycles. The number of aliphatic carboxylic acids is 1. The fraction of sp³-hybridized carbons (Fsp3) is 0.429. The smallest absolute Gasteiger partial charge is 0.362 e. The fourth-order valence-corrected chi connectivity index (χ4v) is 1.72. The van der Waals surface area contributed by atoms with E-state index in [1.165, 1.54) is 0 Å². The first-order chi connectivity index (χ1) is 6.92. The van der Waals surface area contributed by atoms with Gasteiger partial charge < -0.3 is 19.0 Å². The van der Waals surface area contributed by atoms with Crippen LogP contribution in [0.1, 0.15) is 0 Å². The van der Waals surface area contributed by atoms with E-state index in [2.05, 4.69) is 25.6 Å². The van der Waals surface area contributed by atoms with Gasteiger partial charge in [0.1, 0.15) is 7.11 Å². The van der Waals surface area contributed by atoms with Crippen molar-refractivity contribution in [3.8, 4) is 0 Å². The van der Waals surface area contributed by atoms with Crippen LogP contribution >= 0.6 is 7.60 Å². The lowest BCUT2D eigenvalue weighted by molar-refractivity contribution is -0.129. The number of oxime groups is 1. The molecule has 0 unspecified atom stereocenters. The molecular weight excluding hydrogens is 225 g/mol. The minimum Gasteiger partial charge on any atom is -0.476 e. The minimum atomic E-state index is -3.70. The topological polar surface area (TPSA) is 94.4 Å². The van der Waals surface area contributed by atoms with Crippen LogP contribution in [0.15, 0.2) is 17.0 Å². The van der Waals surface area contributed by atoms with Crippen LogP contribution in [0.3, 0.4) is 0 Å². The summed E-state index contributed by atoms with van der Waals surface area (Å²) in [5, 5.41) is 11.5. The molecule has 7 nitrogen and oxygen atoms in total. The zero-order valence-corrected chi connectivity index (χ0v) is 9.48. The Morgan fingerprint density at radius 3 is 2.07 bits per heavy atom. The number of hydrogen-bond acceptors (Lipinski definition) is 6. The van der Waals surface area contributed by atoms with Gasteiger partial charge in [-0.15, -0.1) is 0 Å². The molecule has 0 aromatic heterocycles. The summed E-state index contributed by atoms with van der Waals surface area (Å²) in [6, 6.07) is 0. The van der Waals surface area contributed by atoms with Gasteiger partial charge in [0, 0.05) is 14.2 Å². The van der Waals surface area contributed by atoms with E-state index in [-0.39, 0.29) is 5.31 Å². The summed E-state index contributed by atoms with van der Waals surface area (Å²) in [5.74, 6) is -1.43. The van der Waals surface area contributed by atoms with Crippen LogP contribution in [0.4, 0.5) is 0 Å². The van der Waals surface area contributed by atoms with Crippen LogP contribution < -0.4 is 0 Å². The zero-order valence-electron chi connectivity index (χ0n) is 8.59. The van der Waals surface area contributed by atoms with Crippen molar-refractivity contribution in [3.63, 3.8) is 0 Å². The van der Waals surface area contributed by atoms with E-state index in [9.17, 15) is 9.36 Å². The van der Waals surface area contributed by atoms with Crippen molar-refractivity contribution in [2.75, 3.05) is 21.3 Å². The molecule has 8 heteroatoms. The second-order valence-corrected chi connectivity index (χ2v) is 4.50. The van der Waals surface area contributed by atoms with E-state index in [0.29, 0.717) is 0 Å². The first kappa shape index (κ1) is 13.8. The van der Waals surface area contributed by atoms with Gasteiger partial charge in [0.05, 0.1) is 5.31 Å². The maximum absolute atomic E-state index is 11.7. The summed E-state index contributed by atoms with van der Waals surface area (Å²) < 4.78 is 20.8. The lowest BCUT2D eigenvalue weighted by Gasteiger charge is -2.14. The molecule has 0 amide bonds. The molecule has 0 radical (unpaired) electrons. The number of nitrogens with zero attached hydrogens (tertiary/aromatic N) is 1. The fourth-order valence-electron chi connectivity index (χ4n) is 0.731. The number of carboxylic acids is 1. The van der Waals surface area contributed by atoms with Gasteiger partial charge in [-0.05, 0) is 0 Å². The number of hydrogen-bond donors (Lipinski definition) is 1. The molecule has 0 saturated heterocycles. The van der Waals surface area contributed by atoms with Crippen molar-refractivity contribution in [2.45, 2.75) is 0 Å². The molecule has 86 valence electrons. The molecule has 0 bridgehead atoms. The predicted molar refractivity (Wildman–Crippen MR) is 52.8 cm³/mol. The van der Waals surface area contributed by atoms with Crippen LogP contribution in [-0.4, -0.2) is 38.1 Å². The van der Waals surface area contributed by atoms with E-state index in [1.807, 2.05) is 0 Å². The molecule has 1 N–H and O–H groups in total. The molecule has 0 aliphatic rings. The molecule has 0 saturated carbocycles. The predicted octanol–water partition coefficient (Wildman–Crippen LogP) is 1.07. The van der Waals surface area contributed by atoms with Crippen molar-refractivity contribution in [1.82, 2.24) is 0 Å². The second kappa shape index (κ2) is 5.65. The summed E-state index contributed by atoms with van der Waals surface area (Å²) in [4.78, 5) is 15.0. The average Bonchev–Trinajstić information content (AvgIpc) is 2.23. The van der Waals surface area contributed by atoms with Gasteiger partial charge in [0.2, 0.25) is 5.71 Å². The molecule has 0 rings (SSSR count). The van der Waals surface area contributed by atoms with Crippen molar-refractivity contribution < 1.29 is 28.4 Å². The maximum Gasteiger partial charge on any atom is 0.362 e. The van der Waals surface area contributed by atoms with Gasteiger partial charge in [-0.2, -0.15) is 0 Å². The SMILES string of the molecule is C=C(/C(=N\OC)C(=O)O)P(=O)(OC)OC. The summed E-state index contributed by atoms with van der Waals surface area (Å²) in [5.41, 5.74) is -0.607. The summed E-state index contributed by atoms with van der Waals surface area (Å²) in [7, 11) is -0.319. The Bertz CT molecular complexity index is 328. The second-order valence-electron chi connectivity index (χ2n) is 2.24. The largest absolute Gasteiger partial charge is 0.476 e. The molecule has 0 spiro atoms. The van der Waals surface area contributed by atoms with E-state index >= 15 is 0 Å². The highest BCUT2D eigenvalue weighted by molar-refractivity contribution is 7.60. The monoisotopic (exact) mass is 237 g/mol. The van der Waals surface area contributed by atoms with Crippen molar-refractivity contribution in [2.24, 2.45) is 5.16 Å². The highest BCUT2D eigenvalue weighted by atomic mass is 31.2.